The third-order valence-electron chi connectivity index (χ3n) is 2.17. The van der Waals surface area contributed by atoms with Crippen molar-refractivity contribution in [2.45, 2.75) is 0 Å². The highest BCUT2D eigenvalue weighted by atomic mass is 32.2. The summed E-state index contributed by atoms with van der Waals surface area (Å²) in [7, 11) is 1.88. The van der Waals surface area contributed by atoms with Crippen LogP contribution in [0.2, 0.25) is 0 Å². The van der Waals surface area contributed by atoms with Gasteiger partial charge in [-0.1, -0.05) is 0 Å². The predicted molar refractivity (Wildman–Crippen MR) is 67.3 cm³/mol. The summed E-state index contributed by atoms with van der Waals surface area (Å²) >= 11 is 1.73. The highest BCUT2D eigenvalue weighted by molar-refractivity contribution is 7.98. The van der Waals surface area contributed by atoms with Crippen LogP contribution in [0.3, 0.4) is 0 Å². The highest BCUT2D eigenvalue weighted by Crippen LogP contribution is 2.17. The Kier molecular flexibility index (Phi) is 4.42. The molecule has 0 aliphatic carbocycles. The van der Waals surface area contributed by atoms with Crippen LogP contribution in [0.1, 0.15) is 10.4 Å². The average Bonchev–Trinajstić information content (AvgIpc) is 2.26. The van der Waals surface area contributed by atoms with Gasteiger partial charge < -0.3 is 15.7 Å². The van der Waals surface area contributed by atoms with Crippen molar-refractivity contribution in [3.63, 3.8) is 0 Å². The number of rotatable bonds is 5. The average molecular weight is 241 g/mol. The summed E-state index contributed by atoms with van der Waals surface area (Å²) < 4.78 is 0. The number of hydrogen-bond acceptors (Lipinski definition) is 5. The molecule has 0 saturated heterocycles. The fourth-order valence-corrected chi connectivity index (χ4v) is 1.65. The summed E-state index contributed by atoms with van der Waals surface area (Å²) in [4.78, 5) is 16.9. The van der Waals surface area contributed by atoms with Gasteiger partial charge in [0.05, 0.1) is 17.4 Å². The van der Waals surface area contributed by atoms with Crippen LogP contribution < -0.4 is 10.6 Å². The molecule has 0 spiro atoms. The molecule has 1 aromatic rings. The molecule has 1 rings (SSSR count). The Hall–Kier alpha value is -1.43. The molecule has 0 aliphatic rings. The number of nitrogen functional groups attached to an aromatic ring is 1. The van der Waals surface area contributed by atoms with Gasteiger partial charge in [-0.2, -0.15) is 11.8 Å². The minimum absolute atomic E-state index is 0.0981. The van der Waals surface area contributed by atoms with Crippen molar-refractivity contribution in [2.24, 2.45) is 0 Å². The maximum Gasteiger partial charge on any atom is 0.337 e. The number of anilines is 2. The molecule has 0 fully saturated rings. The van der Waals surface area contributed by atoms with E-state index in [0.717, 1.165) is 12.3 Å². The zero-order valence-electron chi connectivity index (χ0n) is 9.30. The third-order valence-corrected chi connectivity index (χ3v) is 2.76. The van der Waals surface area contributed by atoms with Crippen molar-refractivity contribution in [3.05, 3.63) is 17.8 Å². The number of aromatic nitrogens is 1. The number of carboxylic acids is 1. The van der Waals surface area contributed by atoms with Gasteiger partial charge in [-0.3, -0.25) is 0 Å². The van der Waals surface area contributed by atoms with E-state index in [1.54, 1.807) is 11.8 Å². The quantitative estimate of drug-likeness (QED) is 0.805. The molecule has 5 nitrogen and oxygen atoms in total. The lowest BCUT2D eigenvalue weighted by molar-refractivity contribution is 0.0698. The first-order valence-corrected chi connectivity index (χ1v) is 6.14. The molecule has 6 heteroatoms. The number of nitrogens with two attached hydrogens (primary N) is 1. The Morgan fingerprint density at radius 3 is 2.94 bits per heavy atom. The van der Waals surface area contributed by atoms with Gasteiger partial charge in [-0.25, -0.2) is 9.78 Å². The molecule has 0 aromatic carbocycles. The van der Waals surface area contributed by atoms with E-state index < -0.39 is 5.97 Å². The Balaban J connectivity index is 2.89. The summed E-state index contributed by atoms with van der Waals surface area (Å²) in [5, 5.41) is 8.92. The maximum absolute atomic E-state index is 10.9. The highest BCUT2D eigenvalue weighted by Gasteiger charge is 2.11. The van der Waals surface area contributed by atoms with E-state index in [2.05, 4.69) is 4.98 Å². The van der Waals surface area contributed by atoms with Crippen LogP contribution >= 0.6 is 11.8 Å². The maximum atomic E-state index is 10.9. The number of nitrogens with zero attached hydrogens (tertiary/aromatic N) is 2. The summed E-state index contributed by atoms with van der Waals surface area (Å²) in [6.45, 7) is 0.817. The molecule has 0 aliphatic heterocycles. The van der Waals surface area contributed by atoms with Crippen molar-refractivity contribution >= 4 is 29.2 Å². The number of pyridine rings is 1. The Morgan fingerprint density at radius 2 is 2.38 bits per heavy atom. The van der Waals surface area contributed by atoms with Crippen LogP contribution in [0.15, 0.2) is 12.3 Å². The molecule has 0 atom stereocenters. The van der Waals surface area contributed by atoms with Crippen LogP contribution in [0.25, 0.3) is 0 Å². The van der Waals surface area contributed by atoms with Gasteiger partial charge in [0.2, 0.25) is 0 Å². The number of carboxylic acid groups (broad SMARTS) is 1. The van der Waals surface area contributed by atoms with Crippen LogP contribution in [-0.4, -0.2) is 41.7 Å². The number of thioether (sulfide) groups is 1. The normalized spacial score (nSPS) is 10.1. The smallest absolute Gasteiger partial charge is 0.337 e. The second-order valence-corrected chi connectivity index (χ2v) is 4.33. The Labute approximate surface area is 98.7 Å². The molecular weight excluding hydrogens is 226 g/mol. The Bertz CT molecular complexity index is 384. The second kappa shape index (κ2) is 5.60. The van der Waals surface area contributed by atoms with Gasteiger partial charge in [-0.05, 0) is 12.3 Å². The Morgan fingerprint density at radius 1 is 1.69 bits per heavy atom. The molecule has 3 N–H and O–H groups in total. The first-order valence-electron chi connectivity index (χ1n) is 4.75. The lowest BCUT2D eigenvalue weighted by Gasteiger charge is -2.18. The van der Waals surface area contributed by atoms with E-state index in [0.29, 0.717) is 5.82 Å². The van der Waals surface area contributed by atoms with Crippen molar-refractivity contribution in [2.75, 3.05) is 36.2 Å². The SMILES string of the molecule is CSCCN(C)c1cc(C(=O)O)c(N)cn1. The van der Waals surface area contributed by atoms with E-state index in [4.69, 9.17) is 10.8 Å². The minimum Gasteiger partial charge on any atom is -0.478 e. The summed E-state index contributed by atoms with van der Waals surface area (Å²) in [6.07, 6.45) is 3.40. The molecule has 0 saturated carbocycles. The zero-order chi connectivity index (χ0) is 12.1. The van der Waals surface area contributed by atoms with Gasteiger partial charge in [0.15, 0.2) is 0 Å². The van der Waals surface area contributed by atoms with Crippen LogP contribution in [0.5, 0.6) is 0 Å². The van der Waals surface area contributed by atoms with Crippen molar-refractivity contribution in [1.29, 1.82) is 0 Å². The lowest BCUT2D eigenvalue weighted by Crippen LogP contribution is -2.22. The van der Waals surface area contributed by atoms with Crippen molar-refractivity contribution in [1.82, 2.24) is 4.98 Å². The molecule has 0 unspecified atom stereocenters. The van der Waals surface area contributed by atoms with E-state index >= 15 is 0 Å². The molecule has 88 valence electrons. The zero-order valence-corrected chi connectivity index (χ0v) is 10.1. The van der Waals surface area contributed by atoms with Gasteiger partial charge in [0, 0.05) is 19.3 Å². The van der Waals surface area contributed by atoms with Crippen LogP contribution in [0.4, 0.5) is 11.5 Å². The number of aromatic carboxylic acids is 1. The van der Waals surface area contributed by atoms with E-state index in [9.17, 15) is 4.79 Å². The molecule has 0 amide bonds. The van der Waals surface area contributed by atoms with E-state index in [1.165, 1.54) is 12.3 Å². The summed E-state index contributed by atoms with van der Waals surface area (Å²) in [6, 6.07) is 1.50. The summed E-state index contributed by atoms with van der Waals surface area (Å²) in [5.74, 6) is 0.561. The minimum atomic E-state index is -1.03. The third kappa shape index (κ3) is 3.03. The first-order chi connectivity index (χ1) is 7.56. The second-order valence-electron chi connectivity index (χ2n) is 3.35. The fraction of sp³-hybridized carbons (Fsp3) is 0.400. The standard InChI is InChI=1S/C10H15N3O2S/c1-13(3-4-16-2)9-5-7(10(14)15)8(11)6-12-9/h5-6H,3-4,11H2,1-2H3,(H,14,15). The van der Waals surface area contributed by atoms with Gasteiger partial charge in [0.1, 0.15) is 5.82 Å². The number of carbonyl (C=O) groups is 1. The lowest BCUT2D eigenvalue weighted by atomic mass is 10.2. The summed E-state index contributed by atoms with van der Waals surface area (Å²) in [5.41, 5.74) is 5.81. The molecular formula is C10H15N3O2S. The van der Waals surface area contributed by atoms with E-state index in [1.807, 2.05) is 18.2 Å². The molecule has 1 aromatic heterocycles. The number of hydrogen-bond donors (Lipinski definition) is 2. The molecule has 0 radical (unpaired) electrons. The molecule has 1 heterocycles. The molecule has 16 heavy (non-hydrogen) atoms. The van der Waals surface area contributed by atoms with E-state index in [-0.39, 0.29) is 11.3 Å². The van der Waals surface area contributed by atoms with Gasteiger partial charge >= 0.3 is 5.97 Å². The van der Waals surface area contributed by atoms with Crippen LogP contribution in [0, 0.1) is 0 Å². The van der Waals surface area contributed by atoms with Crippen molar-refractivity contribution in [3.8, 4) is 0 Å². The fourth-order valence-electron chi connectivity index (χ4n) is 1.19. The van der Waals surface area contributed by atoms with Gasteiger partial charge in [0.25, 0.3) is 0 Å². The molecule has 0 bridgehead atoms. The largest absolute Gasteiger partial charge is 0.478 e. The first kappa shape index (κ1) is 12.6. The topological polar surface area (TPSA) is 79.5 Å². The monoisotopic (exact) mass is 241 g/mol. The predicted octanol–water partition coefficient (Wildman–Crippen LogP) is 1.16. The van der Waals surface area contributed by atoms with Gasteiger partial charge in [-0.15, -0.1) is 0 Å². The van der Waals surface area contributed by atoms with Crippen LogP contribution in [-0.2, 0) is 0 Å². The van der Waals surface area contributed by atoms with Crippen molar-refractivity contribution < 1.29 is 9.90 Å².